The van der Waals surface area contributed by atoms with E-state index < -0.39 is 0 Å². The van der Waals surface area contributed by atoms with E-state index in [1.54, 1.807) is 18.5 Å². The van der Waals surface area contributed by atoms with Gasteiger partial charge < -0.3 is 10.6 Å². The molecule has 0 spiro atoms. The first-order valence-electron chi connectivity index (χ1n) is 7.79. The molecule has 2 N–H and O–H groups in total. The first-order chi connectivity index (χ1) is 11.2. The van der Waals surface area contributed by atoms with Gasteiger partial charge in [-0.25, -0.2) is 9.97 Å². The molecular weight excluding hydrogens is 308 g/mol. The Balaban J connectivity index is 1.66. The van der Waals surface area contributed by atoms with Crippen molar-refractivity contribution in [2.24, 2.45) is 5.92 Å². The lowest BCUT2D eigenvalue weighted by molar-refractivity contribution is -0.120. The molecule has 0 radical (unpaired) electrons. The fourth-order valence-electron chi connectivity index (χ4n) is 2.60. The Kier molecular flexibility index (Phi) is 5.25. The van der Waals surface area contributed by atoms with Gasteiger partial charge in [-0.3, -0.25) is 4.79 Å². The van der Waals surface area contributed by atoms with Gasteiger partial charge in [-0.15, -0.1) is 0 Å². The lowest BCUT2D eigenvalue weighted by atomic mass is 9.97. The molecule has 1 amide bonds. The molecule has 120 valence electrons. The first kappa shape index (κ1) is 16.0. The van der Waals surface area contributed by atoms with Crippen LogP contribution in [0.5, 0.6) is 0 Å². The first-order valence-corrected chi connectivity index (χ1v) is 8.61. The zero-order valence-electron chi connectivity index (χ0n) is 13.1. The molecule has 3 rings (SSSR count). The summed E-state index contributed by atoms with van der Waals surface area (Å²) in [5, 5.41) is 7.07. The van der Waals surface area contributed by atoms with E-state index in [9.17, 15) is 4.79 Å². The van der Waals surface area contributed by atoms with Crippen LogP contribution in [0.15, 0.2) is 46.7 Å². The van der Waals surface area contributed by atoms with Gasteiger partial charge in [-0.1, -0.05) is 0 Å². The Morgan fingerprint density at radius 3 is 2.70 bits per heavy atom. The number of anilines is 1. The minimum absolute atomic E-state index is 0.113. The summed E-state index contributed by atoms with van der Waals surface area (Å²) in [5.74, 6) is 0.240. The fourth-order valence-corrected chi connectivity index (χ4v) is 3.41. The number of benzene rings is 1. The van der Waals surface area contributed by atoms with Gasteiger partial charge in [0.15, 0.2) is 5.16 Å². The van der Waals surface area contributed by atoms with Gasteiger partial charge in [-0.05, 0) is 74.4 Å². The molecule has 23 heavy (non-hydrogen) atoms. The highest BCUT2D eigenvalue weighted by Gasteiger charge is 2.21. The van der Waals surface area contributed by atoms with E-state index in [1.807, 2.05) is 19.1 Å². The fraction of sp³-hybridized carbons (Fsp3) is 0.353. The molecule has 0 atom stereocenters. The number of rotatable bonds is 4. The second-order valence-electron chi connectivity index (χ2n) is 5.62. The van der Waals surface area contributed by atoms with Crippen LogP contribution in [-0.4, -0.2) is 29.0 Å². The van der Waals surface area contributed by atoms with E-state index in [0.717, 1.165) is 47.2 Å². The monoisotopic (exact) mass is 328 g/mol. The average Bonchev–Trinajstić information content (AvgIpc) is 2.59. The van der Waals surface area contributed by atoms with Crippen molar-refractivity contribution in [3.63, 3.8) is 0 Å². The third-order valence-corrected chi connectivity index (χ3v) is 4.80. The highest BCUT2D eigenvalue weighted by Crippen LogP contribution is 2.28. The Labute approximate surface area is 140 Å². The topological polar surface area (TPSA) is 66.9 Å². The summed E-state index contributed by atoms with van der Waals surface area (Å²) in [6.45, 7) is 3.85. The quantitative estimate of drug-likeness (QED) is 0.845. The highest BCUT2D eigenvalue weighted by molar-refractivity contribution is 7.99. The van der Waals surface area contributed by atoms with E-state index in [4.69, 9.17) is 0 Å². The molecule has 5 nitrogen and oxygen atoms in total. The van der Waals surface area contributed by atoms with Crippen LogP contribution in [0.2, 0.25) is 0 Å². The molecule has 0 aliphatic carbocycles. The maximum absolute atomic E-state index is 12.3. The van der Waals surface area contributed by atoms with E-state index >= 15 is 0 Å². The van der Waals surface area contributed by atoms with Crippen LogP contribution in [-0.2, 0) is 4.79 Å². The normalized spacial score (nSPS) is 15.3. The number of amides is 1. The largest absolute Gasteiger partial charge is 0.326 e. The Hall–Kier alpha value is -1.92. The van der Waals surface area contributed by atoms with Crippen LogP contribution >= 0.6 is 11.8 Å². The molecule has 0 saturated carbocycles. The van der Waals surface area contributed by atoms with Crippen LogP contribution in [0.4, 0.5) is 5.69 Å². The van der Waals surface area contributed by atoms with Crippen molar-refractivity contribution in [3.05, 3.63) is 42.2 Å². The third-order valence-electron chi connectivity index (χ3n) is 3.92. The second-order valence-corrected chi connectivity index (χ2v) is 6.66. The number of aromatic nitrogens is 2. The lowest BCUT2D eigenvalue weighted by Crippen LogP contribution is -2.34. The molecule has 1 aromatic carbocycles. The Morgan fingerprint density at radius 2 is 2.00 bits per heavy atom. The van der Waals surface area contributed by atoms with Crippen molar-refractivity contribution in [1.29, 1.82) is 0 Å². The van der Waals surface area contributed by atoms with E-state index in [-0.39, 0.29) is 11.8 Å². The van der Waals surface area contributed by atoms with Gasteiger partial charge in [0.25, 0.3) is 0 Å². The number of hydrogen-bond acceptors (Lipinski definition) is 5. The molecule has 6 heteroatoms. The van der Waals surface area contributed by atoms with Crippen molar-refractivity contribution < 1.29 is 4.79 Å². The van der Waals surface area contributed by atoms with Crippen LogP contribution in [0.25, 0.3) is 0 Å². The van der Waals surface area contributed by atoms with Gasteiger partial charge in [0.2, 0.25) is 5.91 Å². The molecule has 1 fully saturated rings. The van der Waals surface area contributed by atoms with E-state index in [0.29, 0.717) is 0 Å². The summed E-state index contributed by atoms with van der Waals surface area (Å²) in [5.41, 5.74) is 1.93. The predicted octanol–water partition coefficient (Wildman–Crippen LogP) is 2.87. The number of carbonyl (C=O) groups is 1. The minimum atomic E-state index is 0.113. The molecular formula is C17H20N4OS. The van der Waals surface area contributed by atoms with E-state index in [2.05, 4.69) is 26.7 Å². The molecule has 2 heterocycles. The van der Waals surface area contributed by atoms with Gasteiger partial charge in [-0.2, -0.15) is 0 Å². The molecule has 1 aromatic heterocycles. The standard InChI is InChI=1S/C17H20N4OS/c1-12-11-14(23-17-19-7-2-8-20-17)3-4-15(12)21-16(22)13-5-9-18-10-6-13/h2-4,7-8,11,13,18H,5-6,9-10H2,1H3,(H,21,22). The summed E-state index contributed by atoms with van der Waals surface area (Å²) < 4.78 is 0. The molecule has 1 saturated heterocycles. The summed E-state index contributed by atoms with van der Waals surface area (Å²) in [7, 11) is 0. The van der Waals surface area contributed by atoms with Gasteiger partial charge in [0, 0.05) is 28.9 Å². The van der Waals surface area contributed by atoms with Crippen LogP contribution in [0, 0.1) is 12.8 Å². The van der Waals surface area contributed by atoms with Crippen molar-refractivity contribution >= 4 is 23.4 Å². The second kappa shape index (κ2) is 7.57. The zero-order chi connectivity index (χ0) is 16.1. The van der Waals surface area contributed by atoms with Crippen LogP contribution < -0.4 is 10.6 Å². The number of hydrogen-bond donors (Lipinski definition) is 2. The summed E-state index contributed by atoms with van der Waals surface area (Å²) >= 11 is 1.51. The van der Waals surface area contributed by atoms with Gasteiger partial charge in [0.05, 0.1) is 0 Å². The van der Waals surface area contributed by atoms with Crippen molar-refractivity contribution in [2.45, 2.75) is 29.8 Å². The van der Waals surface area contributed by atoms with Gasteiger partial charge in [0.1, 0.15) is 0 Å². The highest BCUT2D eigenvalue weighted by atomic mass is 32.2. The maximum atomic E-state index is 12.3. The number of piperidine rings is 1. The predicted molar refractivity (Wildman–Crippen MR) is 91.6 cm³/mol. The third kappa shape index (κ3) is 4.30. The Bertz CT molecular complexity index is 672. The lowest BCUT2D eigenvalue weighted by Gasteiger charge is -2.22. The smallest absolute Gasteiger partial charge is 0.227 e. The average molecular weight is 328 g/mol. The Morgan fingerprint density at radius 1 is 1.26 bits per heavy atom. The molecule has 1 aliphatic rings. The number of carbonyl (C=O) groups excluding carboxylic acids is 1. The van der Waals surface area contributed by atoms with Crippen LogP contribution in [0.3, 0.4) is 0 Å². The molecule has 0 unspecified atom stereocenters. The SMILES string of the molecule is Cc1cc(Sc2ncccn2)ccc1NC(=O)C1CCNCC1. The number of nitrogens with zero attached hydrogens (tertiary/aromatic N) is 2. The van der Waals surface area contributed by atoms with E-state index in [1.165, 1.54) is 11.8 Å². The minimum Gasteiger partial charge on any atom is -0.326 e. The van der Waals surface area contributed by atoms with Crippen molar-refractivity contribution in [1.82, 2.24) is 15.3 Å². The zero-order valence-corrected chi connectivity index (χ0v) is 13.9. The summed E-state index contributed by atoms with van der Waals surface area (Å²) in [6.07, 6.45) is 5.28. The number of nitrogens with one attached hydrogen (secondary N) is 2. The summed E-state index contributed by atoms with van der Waals surface area (Å²) in [4.78, 5) is 21.8. The molecule has 1 aliphatic heterocycles. The maximum Gasteiger partial charge on any atom is 0.227 e. The molecule has 0 bridgehead atoms. The van der Waals surface area contributed by atoms with Crippen molar-refractivity contribution in [2.75, 3.05) is 18.4 Å². The number of aryl methyl sites for hydroxylation is 1. The van der Waals surface area contributed by atoms with Gasteiger partial charge >= 0.3 is 0 Å². The van der Waals surface area contributed by atoms with Crippen LogP contribution in [0.1, 0.15) is 18.4 Å². The summed E-state index contributed by atoms with van der Waals surface area (Å²) in [6, 6.07) is 7.80. The van der Waals surface area contributed by atoms with Crippen molar-refractivity contribution in [3.8, 4) is 0 Å². The molecule has 2 aromatic rings.